The molecule has 3 N–H and O–H groups in total. The lowest BCUT2D eigenvalue weighted by molar-refractivity contribution is 0.00858. The van der Waals surface area contributed by atoms with Crippen LogP contribution in [0, 0.1) is 11.6 Å². The molecule has 0 radical (unpaired) electrons. The summed E-state index contributed by atoms with van der Waals surface area (Å²) < 4.78 is 32.0. The first-order valence-electron chi connectivity index (χ1n) is 7.20. The Balaban J connectivity index is 1.84. The first kappa shape index (κ1) is 15.4. The quantitative estimate of drug-likeness (QED) is 0.623. The van der Waals surface area contributed by atoms with Gasteiger partial charge in [0.2, 0.25) is 0 Å². The molecule has 0 saturated carbocycles. The number of hydrogen-bond donors (Lipinski definition) is 2. The molecule has 1 heterocycles. The van der Waals surface area contributed by atoms with Crippen molar-refractivity contribution in [3.05, 3.63) is 35.4 Å². The predicted molar refractivity (Wildman–Crippen MR) is 74.0 cm³/mol. The second-order valence-corrected chi connectivity index (χ2v) is 5.41. The van der Waals surface area contributed by atoms with Crippen molar-refractivity contribution >= 4 is 0 Å². The average molecular weight is 284 g/mol. The summed E-state index contributed by atoms with van der Waals surface area (Å²) >= 11 is 0. The van der Waals surface area contributed by atoms with Crippen LogP contribution in [0.1, 0.15) is 37.7 Å². The maximum atomic E-state index is 13.1. The van der Waals surface area contributed by atoms with E-state index < -0.39 is 11.6 Å². The van der Waals surface area contributed by atoms with Gasteiger partial charge in [0.15, 0.2) is 0 Å². The third-order valence-electron chi connectivity index (χ3n) is 3.75. The maximum absolute atomic E-state index is 13.1. The highest BCUT2D eigenvalue weighted by Crippen LogP contribution is 2.19. The third-order valence-corrected chi connectivity index (χ3v) is 3.75. The largest absolute Gasteiger partial charge is 0.378 e. The van der Waals surface area contributed by atoms with Gasteiger partial charge in [0.25, 0.3) is 0 Å². The minimum absolute atomic E-state index is 0.00160. The van der Waals surface area contributed by atoms with Crippen LogP contribution in [0.25, 0.3) is 0 Å². The molecule has 1 fully saturated rings. The second kappa shape index (κ2) is 7.67. The van der Waals surface area contributed by atoms with Gasteiger partial charge in [-0.1, -0.05) is 0 Å². The fourth-order valence-corrected chi connectivity index (χ4v) is 2.68. The lowest BCUT2D eigenvalue weighted by atomic mass is 9.98. The molecular formula is C15H22F2N2O. The van der Waals surface area contributed by atoms with Gasteiger partial charge in [-0.25, -0.2) is 8.78 Å². The van der Waals surface area contributed by atoms with E-state index in [1.807, 2.05) is 0 Å². The highest BCUT2D eigenvalue weighted by atomic mass is 19.1. The Bertz CT molecular complexity index is 402. The number of hydrogen-bond acceptors (Lipinski definition) is 3. The van der Waals surface area contributed by atoms with Crippen LogP contribution in [0.4, 0.5) is 8.78 Å². The molecule has 3 nitrogen and oxygen atoms in total. The molecular weight excluding hydrogens is 262 g/mol. The summed E-state index contributed by atoms with van der Waals surface area (Å²) in [5, 5.41) is 0. The molecule has 0 amide bonds. The topological polar surface area (TPSA) is 47.3 Å². The van der Waals surface area contributed by atoms with E-state index in [1.165, 1.54) is 18.6 Å². The normalized spacial score (nSPS) is 20.9. The molecule has 20 heavy (non-hydrogen) atoms. The van der Waals surface area contributed by atoms with E-state index in [0.717, 1.165) is 38.4 Å². The summed E-state index contributed by atoms with van der Waals surface area (Å²) in [5.74, 6) is 4.43. The molecule has 1 aromatic carbocycles. The molecule has 0 aliphatic carbocycles. The summed E-state index contributed by atoms with van der Waals surface area (Å²) in [6.45, 7) is 0.834. The number of halogens is 2. The van der Waals surface area contributed by atoms with Crippen LogP contribution in [-0.4, -0.2) is 18.8 Å². The number of nitrogens with two attached hydrogens (primary N) is 1. The van der Waals surface area contributed by atoms with E-state index >= 15 is 0 Å². The molecule has 0 spiro atoms. The summed E-state index contributed by atoms with van der Waals surface area (Å²) in [4.78, 5) is 0. The lowest BCUT2D eigenvalue weighted by Gasteiger charge is -2.24. The Morgan fingerprint density at radius 1 is 1.25 bits per heavy atom. The van der Waals surface area contributed by atoms with Crippen LogP contribution in [0.5, 0.6) is 0 Å². The van der Waals surface area contributed by atoms with Gasteiger partial charge >= 0.3 is 0 Å². The zero-order chi connectivity index (χ0) is 14.4. The Morgan fingerprint density at radius 3 is 2.60 bits per heavy atom. The highest BCUT2D eigenvalue weighted by Gasteiger charge is 2.17. The highest BCUT2D eigenvalue weighted by molar-refractivity contribution is 5.18. The van der Waals surface area contributed by atoms with Gasteiger partial charge in [0.05, 0.1) is 6.10 Å². The van der Waals surface area contributed by atoms with E-state index in [-0.39, 0.29) is 6.04 Å². The minimum atomic E-state index is -0.550. The number of ether oxygens (including phenoxy) is 1. The van der Waals surface area contributed by atoms with Gasteiger partial charge in [0, 0.05) is 18.7 Å². The first-order chi connectivity index (χ1) is 9.67. The van der Waals surface area contributed by atoms with Crippen LogP contribution in [0.2, 0.25) is 0 Å². The van der Waals surface area contributed by atoms with Gasteiger partial charge < -0.3 is 4.74 Å². The van der Waals surface area contributed by atoms with Crippen molar-refractivity contribution in [1.29, 1.82) is 0 Å². The monoisotopic (exact) mass is 284 g/mol. The van der Waals surface area contributed by atoms with Crippen molar-refractivity contribution < 1.29 is 13.5 Å². The van der Waals surface area contributed by atoms with Crippen molar-refractivity contribution in [2.75, 3.05) is 6.61 Å². The SMILES string of the molecule is NNC(CCC1CCCCO1)Cc1cc(F)cc(F)c1. The third kappa shape index (κ3) is 4.81. The lowest BCUT2D eigenvalue weighted by Crippen LogP contribution is -2.37. The van der Waals surface area contributed by atoms with Crippen LogP contribution >= 0.6 is 0 Å². The summed E-state index contributed by atoms with van der Waals surface area (Å²) in [7, 11) is 0. The fraction of sp³-hybridized carbons (Fsp3) is 0.600. The minimum Gasteiger partial charge on any atom is -0.378 e. The molecule has 112 valence electrons. The fourth-order valence-electron chi connectivity index (χ4n) is 2.68. The van der Waals surface area contributed by atoms with Gasteiger partial charge in [0.1, 0.15) is 11.6 Å². The van der Waals surface area contributed by atoms with Gasteiger partial charge in [-0.05, 0) is 56.2 Å². The van der Waals surface area contributed by atoms with Crippen LogP contribution < -0.4 is 11.3 Å². The maximum Gasteiger partial charge on any atom is 0.126 e. The van der Waals surface area contributed by atoms with E-state index in [4.69, 9.17) is 10.6 Å². The summed E-state index contributed by atoms with van der Waals surface area (Å²) in [6.07, 6.45) is 6.00. The first-order valence-corrected chi connectivity index (χ1v) is 7.20. The molecule has 0 bridgehead atoms. The van der Waals surface area contributed by atoms with Gasteiger partial charge in [-0.3, -0.25) is 11.3 Å². The summed E-state index contributed by atoms with van der Waals surface area (Å²) in [5.41, 5.74) is 3.35. The number of rotatable bonds is 6. The van der Waals surface area contributed by atoms with Crippen molar-refractivity contribution in [3.8, 4) is 0 Å². The van der Waals surface area contributed by atoms with E-state index in [0.29, 0.717) is 18.1 Å². The Hall–Kier alpha value is -1.04. The molecule has 0 aromatic heterocycles. The van der Waals surface area contributed by atoms with Gasteiger partial charge in [-0.15, -0.1) is 0 Å². The Labute approximate surface area is 118 Å². The summed E-state index contributed by atoms with van der Waals surface area (Å²) in [6, 6.07) is 3.58. The van der Waals surface area contributed by atoms with E-state index in [2.05, 4.69) is 5.43 Å². The van der Waals surface area contributed by atoms with E-state index in [9.17, 15) is 8.78 Å². The standard InChI is InChI=1S/C15H22F2N2O/c16-12-7-11(8-13(17)10-12)9-14(19-18)4-5-15-3-1-2-6-20-15/h7-8,10,14-15,19H,1-6,9,18H2. The second-order valence-electron chi connectivity index (χ2n) is 5.41. The van der Waals surface area contributed by atoms with Crippen molar-refractivity contribution in [3.63, 3.8) is 0 Å². The van der Waals surface area contributed by atoms with Crippen molar-refractivity contribution in [2.24, 2.45) is 5.84 Å². The van der Waals surface area contributed by atoms with Crippen LogP contribution in [0.15, 0.2) is 18.2 Å². The van der Waals surface area contributed by atoms with Crippen LogP contribution in [0.3, 0.4) is 0 Å². The Kier molecular flexibility index (Phi) is 5.88. The van der Waals surface area contributed by atoms with Crippen molar-refractivity contribution in [2.45, 2.75) is 50.7 Å². The molecule has 1 saturated heterocycles. The average Bonchev–Trinajstić information content (AvgIpc) is 2.43. The molecule has 2 unspecified atom stereocenters. The van der Waals surface area contributed by atoms with Crippen molar-refractivity contribution in [1.82, 2.24) is 5.43 Å². The molecule has 5 heteroatoms. The molecule has 1 aliphatic rings. The Morgan fingerprint density at radius 2 is 2.00 bits per heavy atom. The molecule has 1 aliphatic heterocycles. The number of benzene rings is 1. The smallest absolute Gasteiger partial charge is 0.126 e. The molecule has 2 atom stereocenters. The zero-order valence-corrected chi connectivity index (χ0v) is 11.6. The molecule has 2 rings (SSSR count). The van der Waals surface area contributed by atoms with Crippen LogP contribution in [-0.2, 0) is 11.2 Å². The number of hydrazine groups is 1. The molecule has 1 aromatic rings. The predicted octanol–water partition coefficient (Wildman–Crippen LogP) is 2.69. The van der Waals surface area contributed by atoms with Gasteiger partial charge in [-0.2, -0.15) is 0 Å². The van der Waals surface area contributed by atoms with E-state index in [1.54, 1.807) is 0 Å². The zero-order valence-electron chi connectivity index (χ0n) is 11.6. The number of nitrogens with one attached hydrogen (secondary N) is 1.